The molecule has 2 aromatic carbocycles. The molecule has 2 amide bonds. The molecule has 1 fully saturated rings. The molecule has 0 bridgehead atoms. The molecule has 2 aliphatic rings. The van der Waals surface area contributed by atoms with E-state index in [2.05, 4.69) is 27.5 Å². The third-order valence-corrected chi connectivity index (χ3v) is 8.03. The summed E-state index contributed by atoms with van der Waals surface area (Å²) in [6.07, 6.45) is 8.71. The van der Waals surface area contributed by atoms with Gasteiger partial charge in [0.25, 0.3) is 5.91 Å². The molecule has 1 aliphatic heterocycles. The summed E-state index contributed by atoms with van der Waals surface area (Å²) < 4.78 is 6.91. The summed E-state index contributed by atoms with van der Waals surface area (Å²) in [6.45, 7) is 0.265. The predicted molar refractivity (Wildman–Crippen MR) is 145 cm³/mol. The van der Waals surface area contributed by atoms with Crippen molar-refractivity contribution in [2.75, 3.05) is 26.0 Å². The molecule has 1 N–H and O–H groups in total. The molecular weight excluding hydrogens is 456 g/mol. The van der Waals surface area contributed by atoms with Crippen molar-refractivity contribution >= 4 is 40.5 Å². The molecule has 35 heavy (non-hydrogen) atoms. The van der Waals surface area contributed by atoms with Crippen LogP contribution in [0.2, 0.25) is 0 Å². The van der Waals surface area contributed by atoms with Crippen LogP contribution in [0.5, 0.6) is 0 Å². The van der Waals surface area contributed by atoms with Crippen molar-refractivity contribution in [3.05, 3.63) is 53.6 Å². The van der Waals surface area contributed by atoms with Gasteiger partial charge in [0, 0.05) is 35.7 Å². The Morgan fingerprint density at radius 3 is 2.49 bits per heavy atom. The van der Waals surface area contributed by atoms with Gasteiger partial charge in [-0.1, -0.05) is 56.4 Å². The lowest BCUT2D eigenvalue weighted by atomic mass is 9.83. The molecule has 0 spiro atoms. The number of amides is 2. The highest BCUT2D eigenvalue weighted by molar-refractivity contribution is 7.95. The van der Waals surface area contributed by atoms with Crippen LogP contribution in [-0.4, -0.2) is 41.8 Å². The molecule has 0 atom stereocenters. The highest BCUT2D eigenvalue weighted by Crippen LogP contribution is 2.46. The highest BCUT2D eigenvalue weighted by atomic mass is 32.2. The zero-order chi connectivity index (χ0) is 24.5. The van der Waals surface area contributed by atoms with Gasteiger partial charge in [-0.05, 0) is 56.6 Å². The fraction of sp³-hybridized carbons (Fsp3) is 0.429. The first-order valence-electron chi connectivity index (χ1n) is 12.6. The van der Waals surface area contributed by atoms with Crippen LogP contribution in [0.3, 0.4) is 0 Å². The molecule has 1 aromatic heterocycles. The van der Waals surface area contributed by atoms with E-state index < -0.39 is 0 Å². The lowest BCUT2D eigenvalue weighted by molar-refractivity contribution is -0.118. The summed E-state index contributed by atoms with van der Waals surface area (Å²) in [7, 11) is 5.65. The smallest absolute Gasteiger partial charge is 0.262 e. The minimum absolute atomic E-state index is 0.0512. The van der Waals surface area contributed by atoms with Crippen molar-refractivity contribution in [1.29, 1.82) is 0 Å². The average molecular weight is 491 g/mol. The van der Waals surface area contributed by atoms with Gasteiger partial charge in [0.2, 0.25) is 5.91 Å². The van der Waals surface area contributed by atoms with Crippen molar-refractivity contribution in [1.82, 2.24) is 13.6 Å². The average Bonchev–Trinajstić information content (AvgIpc) is 3.09. The van der Waals surface area contributed by atoms with Crippen LogP contribution in [0.1, 0.15) is 66.8 Å². The number of anilines is 1. The summed E-state index contributed by atoms with van der Waals surface area (Å²) in [5, 5.41) is 1.18. The highest BCUT2D eigenvalue weighted by Gasteiger charge is 2.31. The molecule has 3 aromatic rings. The minimum Gasteiger partial charge on any atom is -0.331 e. The fourth-order valence-electron chi connectivity index (χ4n) is 5.66. The van der Waals surface area contributed by atoms with E-state index >= 15 is 0 Å². The van der Waals surface area contributed by atoms with Crippen LogP contribution in [0.4, 0.5) is 5.69 Å². The van der Waals surface area contributed by atoms with Gasteiger partial charge in [0.15, 0.2) is 0 Å². The van der Waals surface area contributed by atoms with Gasteiger partial charge in [0.1, 0.15) is 6.54 Å². The number of para-hydroxylation sites is 1. The zero-order valence-electron chi connectivity index (χ0n) is 20.8. The molecule has 5 rings (SSSR count). The van der Waals surface area contributed by atoms with Gasteiger partial charge < -0.3 is 9.47 Å². The SMILES string of the molecule is CN(C)SNC(=O)c1ccc2c(C3CCCCCCC3)c3n(c2c1)CC(=O)N(C)c1ccccc1-3. The maximum Gasteiger partial charge on any atom is 0.262 e. The van der Waals surface area contributed by atoms with Gasteiger partial charge >= 0.3 is 0 Å². The molecular formula is C28H34N4O2S. The number of benzene rings is 2. The lowest BCUT2D eigenvalue weighted by Crippen LogP contribution is -2.28. The second-order valence-corrected chi connectivity index (χ2v) is 11.0. The minimum atomic E-state index is -0.133. The van der Waals surface area contributed by atoms with E-state index in [4.69, 9.17) is 0 Å². The monoisotopic (exact) mass is 490 g/mol. The topological polar surface area (TPSA) is 57.6 Å². The lowest BCUT2D eigenvalue weighted by Gasteiger charge is -2.22. The number of nitrogens with one attached hydrogen (secondary N) is 1. The number of carbonyl (C=O) groups excluding carboxylic acids is 2. The van der Waals surface area contributed by atoms with Gasteiger partial charge in [0.05, 0.1) is 16.9 Å². The molecule has 6 nitrogen and oxygen atoms in total. The van der Waals surface area contributed by atoms with Gasteiger partial charge in [-0.15, -0.1) is 0 Å². The first kappa shape index (κ1) is 23.9. The Kier molecular flexibility index (Phi) is 6.89. The molecule has 7 heteroatoms. The van der Waals surface area contributed by atoms with Crippen LogP contribution in [0.15, 0.2) is 42.5 Å². The largest absolute Gasteiger partial charge is 0.331 e. The van der Waals surface area contributed by atoms with E-state index in [1.807, 2.05) is 49.7 Å². The van der Waals surface area contributed by atoms with Gasteiger partial charge in [-0.25, -0.2) is 4.31 Å². The Hall–Kier alpha value is -2.77. The molecule has 0 radical (unpaired) electrons. The van der Waals surface area contributed by atoms with Crippen LogP contribution >= 0.6 is 12.1 Å². The number of aromatic nitrogens is 1. The van der Waals surface area contributed by atoms with Crippen LogP contribution in [0, 0.1) is 0 Å². The Morgan fingerprint density at radius 1 is 1.03 bits per heavy atom. The van der Waals surface area contributed by atoms with Gasteiger partial charge in [-0.3, -0.25) is 14.3 Å². The maximum absolute atomic E-state index is 13.3. The number of hydrogen-bond donors (Lipinski definition) is 1. The number of hydrogen-bond acceptors (Lipinski definition) is 4. The number of rotatable bonds is 4. The van der Waals surface area contributed by atoms with Crippen molar-refractivity contribution in [3.8, 4) is 11.3 Å². The van der Waals surface area contributed by atoms with Crippen molar-refractivity contribution in [2.24, 2.45) is 0 Å². The molecule has 1 saturated carbocycles. The Morgan fingerprint density at radius 2 is 1.74 bits per heavy atom. The summed E-state index contributed by atoms with van der Waals surface area (Å²) in [5.41, 5.74) is 6.13. The Labute approximate surface area is 211 Å². The number of carbonyl (C=O) groups is 2. The molecule has 184 valence electrons. The summed E-state index contributed by atoms with van der Waals surface area (Å²) in [4.78, 5) is 28.0. The van der Waals surface area contributed by atoms with E-state index in [0.29, 0.717) is 11.5 Å². The van der Waals surface area contributed by atoms with Crippen molar-refractivity contribution in [3.63, 3.8) is 0 Å². The van der Waals surface area contributed by atoms with Gasteiger partial charge in [-0.2, -0.15) is 0 Å². The van der Waals surface area contributed by atoms with E-state index in [9.17, 15) is 9.59 Å². The normalized spacial score (nSPS) is 17.0. The quantitative estimate of drug-likeness (QED) is 0.458. The second kappa shape index (κ2) is 10.1. The first-order valence-corrected chi connectivity index (χ1v) is 13.4. The Balaban J connectivity index is 1.73. The molecule has 0 unspecified atom stereocenters. The number of likely N-dealkylation sites (N-methyl/N-ethyl adjacent to an activating group) is 1. The van der Waals surface area contributed by atoms with Crippen LogP contribution in [-0.2, 0) is 11.3 Å². The first-order chi connectivity index (χ1) is 17.0. The zero-order valence-corrected chi connectivity index (χ0v) is 21.7. The number of nitrogens with zero attached hydrogens (tertiary/aromatic N) is 3. The summed E-state index contributed by atoms with van der Waals surface area (Å²) >= 11 is 1.26. The predicted octanol–water partition coefficient (Wildman–Crippen LogP) is 5.97. The fourth-order valence-corrected chi connectivity index (χ4v) is 6.05. The van der Waals surface area contributed by atoms with Crippen LogP contribution in [0.25, 0.3) is 22.2 Å². The number of fused-ring (bicyclic) bond motifs is 5. The second-order valence-electron chi connectivity index (χ2n) is 9.93. The Bertz CT molecular complexity index is 1260. The van der Waals surface area contributed by atoms with E-state index in [1.165, 1.54) is 68.0 Å². The standard InChI is InChI=1S/C28H34N4O2S/c1-30(2)35-29-28(34)20-15-16-21-24(17-20)32-18-25(33)31(3)23-14-10-9-13-22(23)27(32)26(21)19-11-7-5-4-6-8-12-19/h9-10,13-17,19H,4-8,11-12,18H2,1-3H3,(H,29,34). The van der Waals surface area contributed by atoms with Crippen molar-refractivity contribution < 1.29 is 9.59 Å². The van der Waals surface area contributed by atoms with E-state index in [0.717, 1.165) is 22.5 Å². The molecule has 0 saturated heterocycles. The van der Waals surface area contributed by atoms with E-state index in [-0.39, 0.29) is 18.4 Å². The third-order valence-electron chi connectivity index (χ3n) is 7.39. The van der Waals surface area contributed by atoms with Crippen molar-refractivity contribution in [2.45, 2.75) is 57.4 Å². The van der Waals surface area contributed by atoms with E-state index in [1.54, 1.807) is 4.90 Å². The third kappa shape index (κ3) is 4.59. The molecule has 2 heterocycles. The molecule has 1 aliphatic carbocycles. The maximum atomic E-state index is 13.3. The van der Waals surface area contributed by atoms with Crippen LogP contribution < -0.4 is 9.62 Å². The summed E-state index contributed by atoms with van der Waals surface area (Å²) in [6, 6.07) is 14.3. The summed E-state index contributed by atoms with van der Waals surface area (Å²) in [5.74, 6) is 0.367.